The average molecular weight is 425 g/mol. The van der Waals surface area contributed by atoms with Crippen molar-refractivity contribution in [2.45, 2.75) is 27.2 Å². The van der Waals surface area contributed by atoms with Gasteiger partial charge in [-0.25, -0.2) is 0 Å². The van der Waals surface area contributed by atoms with E-state index in [1.807, 2.05) is 6.92 Å². The van der Waals surface area contributed by atoms with Gasteiger partial charge >= 0.3 is 5.97 Å². The van der Waals surface area contributed by atoms with Crippen LogP contribution in [0.2, 0.25) is 0 Å². The number of carbonyl (C=O) groups is 1. The van der Waals surface area contributed by atoms with Crippen molar-refractivity contribution in [2.75, 3.05) is 0 Å². The first-order chi connectivity index (χ1) is 14.5. The Morgan fingerprint density at radius 2 is 0.967 bits per heavy atom. The zero-order chi connectivity index (χ0) is 22.3. The number of ether oxygens (including phenoxy) is 1. The highest BCUT2D eigenvalue weighted by molar-refractivity contribution is 5.76. The Bertz CT molecular complexity index is 1390. The van der Waals surface area contributed by atoms with Crippen LogP contribution in [0.15, 0.2) is 0 Å². The molecule has 0 aliphatic rings. The fourth-order valence-corrected chi connectivity index (χ4v) is 0.947. The predicted octanol–water partition coefficient (Wildman–Crippen LogP) is 7.00. The Morgan fingerprint density at radius 3 is 1.27 bits per heavy atom. The van der Waals surface area contributed by atoms with Gasteiger partial charge in [-0.1, -0.05) is 6.92 Å². The first-order valence-corrected chi connectivity index (χ1v) is 8.21. The summed E-state index contributed by atoms with van der Waals surface area (Å²) in [5, 5.41) is 0. The molecule has 0 bridgehead atoms. The lowest BCUT2D eigenvalue weighted by molar-refractivity contribution is -0.146. The van der Waals surface area contributed by atoms with Crippen molar-refractivity contribution in [2.24, 2.45) is 5.41 Å². The summed E-state index contributed by atoms with van der Waals surface area (Å²) in [4.78, 5) is 11.6. The normalized spacial score (nSPS) is 6.07. The highest BCUT2D eigenvalue weighted by Gasteiger charge is 2.26. The smallest absolute Gasteiger partial charge is 0.325 e. The zero-order valence-electron chi connectivity index (χ0n) is 16.6. The second kappa shape index (κ2) is 17.1. The van der Waals surface area contributed by atoms with E-state index >= 15 is 0 Å². The molecule has 0 fully saturated rings. The van der Waals surface area contributed by atoms with E-state index in [-0.39, 0.29) is 31.4 Å². The molecule has 0 saturated carbocycles. The van der Waals surface area contributed by atoms with Gasteiger partial charge in [-0.3, -0.25) is 4.79 Å². The molecule has 0 atom stereocenters. The highest BCUT2D eigenvalue weighted by Crippen LogP contribution is 2.20. The van der Waals surface area contributed by atoms with Crippen LogP contribution in [0.1, 0.15) is 58.6 Å². The summed E-state index contributed by atoms with van der Waals surface area (Å²) >= 11 is 0. The molecule has 2 nitrogen and oxygen atoms in total. The zero-order valence-corrected chi connectivity index (χ0v) is 16.6. The first kappa shape index (κ1) is 24.6. The summed E-state index contributed by atoms with van der Waals surface area (Å²) in [6, 6.07) is 0. The summed E-state index contributed by atoms with van der Waals surface area (Å²) in [5.74, 6) is 48.3. The minimum absolute atomic E-state index is 0. The number of hydrogen-bond acceptors (Lipinski definition) is 2. The van der Waals surface area contributed by atoms with E-state index in [1.165, 1.54) is 0 Å². The van der Waals surface area contributed by atoms with E-state index in [4.69, 9.17) is 11.2 Å². The van der Waals surface area contributed by atoms with Crippen LogP contribution in [-0.4, -0.2) is 5.97 Å². The van der Waals surface area contributed by atoms with E-state index in [0.717, 1.165) is 0 Å². The third-order valence-electron chi connectivity index (χ3n) is 2.83. The topological polar surface area (TPSA) is 26.3 Å². The molecule has 0 aromatic carbocycles. The third kappa shape index (κ3) is 14.9. The maximum Gasteiger partial charge on any atom is 0.325 e. The summed E-state index contributed by atoms with van der Waals surface area (Å²) in [6.07, 6.45) is 7.80. The second-order valence-electron chi connectivity index (χ2n) is 5.25. The molecule has 0 N–H and O–H groups in total. The summed E-state index contributed by atoms with van der Waals surface area (Å²) in [6.45, 7) is 5.45. The number of terminal acetylenes is 1. The Balaban J connectivity index is -0.0000000182. The number of rotatable bonds is 2. The maximum absolute atomic E-state index is 11.6. The minimum Gasteiger partial charge on any atom is -0.371 e. The van der Waals surface area contributed by atoms with Crippen LogP contribution < -0.4 is 0 Å². The Morgan fingerprint density at radius 1 is 0.667 bits per heavy atom. The van der Waals surface area contributed by atoms with Gasteiger partial charge in [0.15, 0.2) is 0 Å². The van der Waals surface area contributed by atoms with Crippen molar-refractivity contribution < 1.29 is 40.9 Å². The maximum atomic E-state index is 11.6. The summed E-state index contributed by atoms with van der Waals surface area (Å²) in [5.41, 5.74) is -0.572. The molecule has 0 heterocycles. The van der Waals surface area contributed by atoms with Crippen molar-refractivity contribution in [1.29, 1.82) is 0 Å². The standard InChI is InChI=1S/C28H12O2.22H2/c1-5-7-8-9-10-11-12-13-14-15-16-17-18-19-20-21-22-23-24-25-26-30-27(29)28(3,4)6-2;;;;;;;;;;;;;;;;;;;;;;/h1H,6H2,2-4H3;22*1H. The van der Waals surface area contributed by atoms with Gasteiger partial charge in [0.1, 0.15) is 6.11 Å². The van der Waals surface area contributed by atoms with E-state index in [1.54, 1.807) is 13.8 Å². The molecule has 180 valence electrons. The van der Waals surface area contributed by atoms with E-state index in [2.05, 4.69) is 125 Å². The molecule has 0 amide bonds. The quantitative estimate of drug-likeness (QED) is 0.352. The van der Waals surface area contributed by atoms with E-state index < -0.39 is 11.4 Å². The van der Waals surface area contributed by atoms with Gasteiger partial charge in [0.2, 0.25) is 0 Å². The molecule has 2 heteroatoms. The highest BCUT2D eigenvalue weighted by atomic mass is 16.5. The van der Waals surface area contributed by atoms with Gasteiger partial charge in [0, 0.05) is 102 Å². The monoisotopic (exact) mass is 424 g/mol. The molecule has 0 rings (SSSR count). The summed E-state index contributed by atoms with van der Waals surface area (Å²) < 4.78 is 4.79. The van der Waals surface area contributed by atoms with Crippen molar-refractivity contribution in [1.82, 2.24) is 0 Å². The first-order valence-electron chi connectivity index (χ1n) is 8.21. The van der Waals surface area contributed by atoms with Crippen LogP contribution in [0.25, 0.3) is 0 Å². The molecule has 30 heavy (non-hydrogen) atoms. The lowest BCUT2D eigenvalue weighted by atomic mass is 9.91. The van der Waals surface area contributed by atoms with Gasteiger partial charge in [-0.15, -0.1) is 6.42 Å². The number of hydrogen-bond donors (Lipinski definition) is 0. The molecular formula is C28H56O2. The van der Waals surface area contributed by atoms with Crippen molar-refractivity contribution in [3.63, 3.8) is 0 Å². The van der Waals surface area contributed by atoms with Crippen molar-refractivity contribution >= 4 is 5.97 Å². The summed E-state index contributed by atoms with van der Waals surface area (Å²) in [7, 11) is 0. The van der Waals surface area contributed by atoms with Crippen LogP contribution in [0.5, 0.6) is 0 Å². The van der Waals surface area contributed by atoms with E-state index in [9.17, 15) is 4.79 Å². The molecule has 0 aliphatic carbocycles. The largest absolute Gasteiger partial charge is 0.371 e. The predicted molar refractivity (Wildman–Crippen MR) is 163 cm³/mol. The molecule has 0 spiro atoms. The fraction of sp³-hybridized carbons (Fsp3) is 0.179. The van der Waals surface area contributed by atoms with Gasteiger partial charge in [-0.05, 0) is 67.6 Å². The fourth-order valence-electron chi connectivity index (χ4n) is 0.947. The van der Waals surface area contributed by atoms with E-state index in [0.29, 0.717) is 6.42 Å². The molecular weight excluding hydrogens is 368 g/mol. The van der Waals surface area contributed by atoms with Gasteiger partial charge < -0.3 is 4.74 Å². The van der Waals surface area contributed by atoms with Gasteiger partial charge in [0.25, 0.3) is 0 Å². The Hall–Kier alpha value is -5.37. The van der Waals surface area contributed by atoms with Gasteiger partial charge in [-0.2, -0.15) is 0 Å². The lowest BCUT2D eigenvalue weighted by Crippen LogP contribution is -2.24. The number of carbonyl (C=O) groups excluding carboxylic acids is 1. The van der Waals surface area contributed by atoms with Crippen LogP contribution in [0, 0.1) is 136 Å². The van der Waals surface area contributed by atoms with Crippen LogP contribution in [-0.2, 0) is 9.53 Å². The molecule has 0 radical (unpaired) electrons. The van der Waals surface area contributed by atoms with Crippen LogP contribution in [0.4, 0.5) is 0 Å². The molecule has 0 aromatic rings. The molecule has 0 unspecified atom stereocenters. The van der Waals surface area contributed by atoms with Crippen LogP contribution in [0.3, 0.4) is 0 Å². The van der Waals surface area contributed by atoms with Gasteiger partial charge in [0.05, 0.1) is 5.41 Å². The van der Waals surface area contributed by atoms with Crippen LogP contribution >= 0.6 is 0 Å². The molecule has 0 aliphatic heterocycles. The molecule has 0 aromatic heterocycles. The van der Waals surface area contributed by atoms with Crippen molar-refractivity contribution in [3.05, 3.63) is 0 Å². The second-order valence-corrected chi connectivity index (χ2v) is 5.25. The Labute approximate surface area is 212 Å². The molecule has 0 saturated heterocycles. The lowest BCUT2D eigenvalue weighted by Gasteiger charge is -2.17. The minimum atomic E-state index is -0.572. The average Bonchev–Trinajstić information content (AvgIpc) is 2.74. The SMILES string of the molecule is C#CC#CC#CC#CC#CC#CC#CC#CC#CC#CC#COC(=O)C(C)(C)CC.[HH].[HH].[HH].[HH].[HH].[HH].[HH].[HH].[HH].[HH].[HH].[HH].[HH].[HH].[HH].[HH].[HH].[HH].[HH].[HH].[HH].[HH]. The third-order valence-corrected chi connectivity index (χ3v) is 2.83. The van der Waals surface area contributed by atoms with Crippen molar-refractivity contribution in [3.8, 4) is 131 Å². The number of esters is 1. The Kier molecular flexibility index (Phi) is 14.0.